The molecule has 0 aliphatic carbocycles. The molecule has 0 saturated carbocycles. The molecular weight excluding hydrogens is 306 g/mol. The second kappa shape index (κ2) is 7.33. The predicted octanol–water partition coefficient (Wildman–Crippen LogP) is 2.05. The molecule has 2 rings (SSSR count). The van der Waals surface area contributed by atoms with E-state index < -0.39 is 0 Å². The number of thiophene rings is 1. The van der Waals surface area contributed by atoms with Crippen molar-refractivity contribution in [3.8, 4) is 10.6 Å². The van der Waals surface area contributed by atoms with E-state index in [1.807, 2.05) is 36.1 Å². The molecular formula is C14H17N3O2S2. The van der Waals surface area contributed by atoms with E-state index in [1.165, 1.54) is 11.3 Å². The quantitative estimate of drug-likeness (QED) is 0.855. The Morgan fingerprint density at radius 3 is 2.76 bits per heavy atom. The van der Waals surface area contributed by atoms with Crippen molar-refractivity contribution < 1.29 is 9.59 Å². The number of nitrogens with zero attached hydrogens (tertiary/aromatic N) is 1. The largest absolute Gasteiger partial charge is 0.352 e. The molecule has 112 valence electrons. The van der Waals surface area contributed by atoms with E-state index in [0.717, 1.165) is 16.3 Å². The summed E-state index contributed by atoms with van der Waals surface area (Å²) in [6, 6.07) is 2.07. The van der Waals surface area contributed by atoms with Gasteiger partial charge in [-0.1, -0.05) is 0 Å². The lowest BCUT2D eigenvalue weighted by Crippen LogP contribution is -2.40. The lowest BCUT2D eigenvalue weighted by molar-refractivity contribution is -0.126. The Morgan fingerprint density at radius 2 is 2.10 bits per heavy atom. The van der Waals surface area contributed by atoms with E-state index in [-0.39, 0.29) is 30.8 Å². The zero-order valence-corrected chi connectivity index (χ0v) is 13.5. The van der Waals surface area contributed by atoms with Crippen molar-refractivity contribution in [2.75, 3.05) is 6.54 Å². The van der Waals surface area contributed by atoms with Crippen molar-refractivity contribution in [2.45, 2.75) is 26.3 Å². The van der Waals surface area contributed by atoms with E-state index in [4.69, 9.17) is 0 Å². The van der Waals surface area contributed by atoms with Crippen molar-refractivity contribution in [3.05, 3.63) is 27.9 Å². The first-order valence-electron chi connectivity index (χ1n) is 6.57. The lowest BCUT2D eigenvalue weighted by atomic mass is 10.3. The van der Waals surface area contributed by atoms with E-state index in [2.05, 4.69) is 15.6 Å². The Labute approximate surface area is 131 Å². The molecule has 0 aliphatic heterocycles. The molecule has 0 spiro atoms. The van der Waals surface area contributed by atoms with Gasteiger partial charge in [0, 0.05) is 22.4 Å². The van der Waals surface area contributed by atoms with Crippen molar-refractivity contribution >= 4 is 34.5 Å². The average molecular weight is 323 g/mol. The van der Waals surface area contributed by atoms with Crippen LogP contribution in [0.4, 0.5) is 0 Å². The van der Waals surface area contributed by atoms with Crippen LogP contribution in [-0.4, -0.2) is 29.4 Å². The highest BCUT2D eigenvalue weighted by molar-refractivity contribution is 7.14. The fourth-order valence-electron chi connectivity index (χ4n) is 1.69. The summed E-state index contributed by atoms with van der Waals surface area (Å²) in [5, 5.41) is 12.1. The number of carbonyl (C=O) groups is 2. The average Bonchev–Trinajstić information content (AvgIpc) is 3.05. The van der Waals surface area contributed by atoms with Gasteiger partial charge in [0.1, 0.15) is 5.01 Å². The monoisotopic (exact) mass is 323 g/mol. The summed E-state index contributed by atoms with van der Waals surface area (Å²) in [7, 11) is 0. The highest BCUT2D eigenvalue weighted by atomic mass is 32.1. The zero-order chi connectivity index (χ0) is 15.2. The molecule has 2 aromatic heterocycles. The number of nitrogens with one attached hydrogen (secondary N) is 2. The summed E-state index contributed by atoms with van der Waals surface area (Å²) in [5.41, 5.74) is 1.80. The number of hydrogen-bond donors (Lipinski definition) is 2. The van der Waals surface area contributed by atoms with Gasteiger partial charge in [-0.15, -0.1) is 11.3 Å². The van der Waals surface area contributed by atoms with Crippen LogP contribution < -0.4 is 10.6 Å². The maximum absolute atomic E-state index is 11.8. The molecule has 0 bridgehead atoms. The van der Waals surface area contributed by atoms with Gasteiger partial charge >= 0.3 is 0 Å². The van der Waals surface area contributed by atoms with Crippen LogP contribution >= 0.6 is 22.7 Å². The van der Waals surface area contributed by atoms with Gasteiger partial charge in [-0.2, -0.15) is 11.3 Å². The molecule has 2 N–H and O–H groups in total. The van der Waals surface area contributed by atoms with Crippen LogP contribution in [0.25, 0.3) is 10.6 Å². The minimum atomic E-state index is -0.198. The molecule has 21 heavy (non-hydrogen) atoms. The third-order valence-electron chi connectivity index (χ3n) is 2.56. The molecule has 0 fully saturated rings. The Balaban J connectivity index is 1.82. The number of aromatic nitrogens is 1. The standard InChI is InChI=1S/C14H17N3O2S2/c1-9(2)16-13(19)6-15-12(18)5-11-8-21-14(17-11)10-3-4-20-7-10/h3-4,7-9H,5-6H2,1-2H3,(H,15,18)(H,16,19). The maximum Gasteiger partial charge on any atom is 0.239 e. The Bertz CT molecular complexity index is 606. The molecule has 0 radical (unpaired) electrons. The molecule has 0 aromatic carbocycles. The number of thiazole rings is 1. The fourth-order valence-corrected chi connectivity index (χ4v) is 3.22. The minimum Gasteiger partial charge on any atom is -0.352 e. The second-order valence-electron chi connectivity index (χ2n) is 4.83. The molecule has 2 heterocycles. The van der Waals surface area contributed by atoms with Crippen LogP contribution in [0.1, 0.15) is 19.5 Å². The maximum atomic E-state index is 11.8. The molecule has 0 atom stereocenters. The van der Waals surface area contributed by atoms with Crippen molar-refractivity contribution in [1.82, 2.24) is 15.6 Å². The number of carbonyl (C=O) groups excluding carboxylic acids is 2. The second-order valence-corrected chi connectivity index (χ2v) is 6.47. The Kier molecular flexibility index (Phi) is 5.46. The van der Waals surface area contributed by atoms with Crippen molar-refractivity contribution in [3.63, 3.8) is 0 Å². The highest BCUT2D eigenvalue weighted by Gasteiger charge is 2.10. The third-order valence-corrected chi connectivity index (χ3v) is 4.18. The SMILES string of the molecule is CC(C)NC(=O)CNC(=O)Cc1csc(-c2ccsc2)n1. The molecule has 0 aliphatic rings. The first-order valence-corrected chi connectivity index (χ1v) is 8.40. The third kappa shape index (κ3) is 4.95. The Morgan fingerprint density at radius 1 is 1.29 bits per heavy atom. The minimum absolute atomic E-state index is 0.00145. The summed E-state index contributed by atoms with van der Waals surface area (Å²) < 4.78 is 0. The van der Waals surface area contributed by atoms with Gasteiger partial charge in [0.2, 0.25) is 11.8 Å². The summed E-state index contributed by atoms with van der Waals surface area (Å²) >= 11 is 3.13. The van der Waals surface area contributed by atoms with Crippen molar-refractivity contribution in [1.29, 1.82) is 0 Å². The fraction of sp³-hybridized carbons (Fsp3) is 0.357. The first kappa shape index (κ1) is 15.7. The smallest absolute Gasteiger partial charge is 0.239 e. The van der Waals surface area contributed by atoms with E-state index >= 15 is 0 Å². The van der Waals surface area contributed by atoms with Gasteiger partial charge < -0.3 is 10.6 Å². The van der Waals surface area contributed by atoms with Crippen LogP contribution in [0.5, 0.6) is 0 Å². The van der Waals surface area contributed by atoms with Gasteiger partial charge in [-0.3, -0.25) is 9.59 Å². The number of rotatable bonds is 6. The van der Waals surface area contributed by atoms with Gasteiger partial charge in [-0.05, 0) is 25.3 Å². The van der Waals surface area contributed by atoms with E-state index in [1.54, 1.807) is 11.3 Å². The van der Waals surface area contributed by atoms with Crippen LogP contribution in [0.2, 0.25) is 0 Å². The summed E-state index contributed by atoms with van der Waals surface area (Å²) in [6.45, 7) is 3.75. The number of hydrogen-bond acceptors (Lipinski definition) is 5. The molecule has 2 amide bonds. The van der Waals surface area contributed by atoms with Gasteiger partial charge in [0.05, 0.1) is 18.7 Å². The number of amides is 2. The molecule has 5 nitrogen and oxygen atoms in total. The normalized spacial score (nSPS) is 10.6. The topological polar surface area (TPSA) is 71.1 Å². The van der Waals surface area contributed by atoms with Crippen molar-refractivity contribution in [2.24, 2.45) is 0 Å². The molecule has 2 aromatic rings. The van der Waals surface area contributed by atoms with Crippen LogP contribution in [0, 0.1) is 0 Å². The predicted molar refractivity (Wildman–Crippen MR) is 85.4 cm³/mol. The zero-order valence-electron chi connectivity index (χ0n) is 11.9. The molecule has 0 unspecified atom stereocenters. The van der Waals surface area contributed by atoms with Crippen LogP contribution in [0.15, 0.2) is 22.2 Å². The molecule has 0 saturated heterocycles. The van der Waals surface area contributed by atoms with Gasteiger partial charge in [-0.25, -0.2) is 4.98 Å². The summed E-state index contributed by atoms with van der Waals surface area (Å²) in [4.78, 5) is 27.6. The molecule has 7 heteroatoms. The van der Waals surface area contributed by atoms with Gasteiger partial charge in [0.25, 0.3) is 0 Å². The Hall–Kier alpha value is -1.73. The van der Waals surface area contributed by atoms with E-state index in [9.17, 15) is 9.59 Å². The lowest BCUT2D eigenvalue weighted by Gasteiger charge is -2.08. The summed E-state index contributed by atoms with van der Waals surface area (Å²) in [6.07, 6.45) is 0.190. The highest BCUT2D eigenvalue weighted by Crippen LogP contribution is 2.25. The van der Waals surface area contributed by atoms with Crippen LogP contribution in [-0.2, 0) is 16.0 Å². The summed E-state index contributed by atoms with van der Waals surface area (Å²) in [5.74, 6) is -0.383. The van der Waals surface area contributed by atoms with Gasteiger partial charge in [0.15, 0.2) is 0 Å². The van der Waals surface area contributed by atoms with Crippen LogP contribution in [0.3, 0.4) is 0 Å². The first-order chi connectivity index (χ1) is 10.0. The van der Waals surface area contributed by atoms with E-state index in [0.29, 0.717) is 0 Å².